The van der Waals surface area contributed by atoms with E-state index < -0.39 is 0 Å². The Morgan fingerprint density at radius 3 is 2.76 bits per heavy atom. The molecule has 1 aliphatic carbocycles. The number of thiophene rings is 1. The molecule has 1 aliphatic rings. The van der Waals surface area contributed by atoms with Crippen molar-refractivity contribution in [1.82, 2.24) is 0 Å². The van der Waals surface area contributed by atoms with E-state index in [1.54, 1.807) is 0 Å². The van der Waals surface area contributed by atoms with Crippen LogP contribution in [0.15, 0.2) is 17.5 Å². The lowest BCUT2D eigenvalue weighted by Gasteiger charge is -2.29. The second kappa shape index (κ2) is 6.55. The molecule has 0 radical (unpaired) electrons. The van der Waals surface area contributed by atoms with Crippen LogP contribution >= 0.6 is 11.3 Å². The molecule has 1 fully saturated rings. The molecular formula is C15H24OS. The van der Waals surface area contributed by atoms with Crippen LogP contribution in [0.5, 0.6) is 0 Å². The highest BCUT2D eigenvalue weighted by molar-refractivity contribution is 7.09. The minimum absolute atomic E-state index is 0.0533. The molecule has 0 amide bonds. The van der Waals surface area contributed by atoms with Crippen molar-refractivity contribution in [3.63, 3.8) is 0 Å². The molecule has 1 unspecified atom stereocenters. The lowest BCUT2D eigenvalue weighted by Crippen LogP contribution is -2.25. The predicted octanol–water partition coefficient (Wildman–Crippen LogP) is 4.26. The maximum absolute atomic E-state index is 10.2. The van der Waals surface area contributed by atoms with E-state index in [1.165, 1.54) is 30.6 Å². The summed E-state index contributed by atoms with van der Waals surface area (Å²) in [6.45, 7) is 2.33. The zero-order valence-electron chi connectivity index (χ0n) is 10.8. The maximum atomic E-state index is 10.2. The fourth-order valence-corrected chi connectivity index (χ4v) is 3.60. The average molecular weight is 252 g/mol. The van der Waals surface area contributed by atoms with E-state index in [0.717, 1.165) is 25.2 Å². The number of rotatable bonds is 5. The van der Waals surface area contributed by atoms with Gasteiger partial charge in [0.25, 0.3) is 0 Å². The molecule has 0 aliphatic heterocycles. The van der Waals surface area contributed by atoms with E-state index in [1.807, 2.05) is 11.3 Å². The molecule has 1 heterocycles. The molecule has 0 saturated heterocycles. The molecule has 1 N–H and O–H groups in total. The van der Waals surface area contributed by atoms with Crippen LogP contribution in [0.1, 0.15) is 50.3 Å². The highest BCUT2D eigenvalue weighted by Gasteiger charge is 2.24. The Bertz CT molecular complexity index is 299. The van der Waals surface area contributed by atoms with Gasteiger partial charge in [-0.3, -0.25) is 0 Å². The molecule has 0 bridgehead atoms. The highest BCUT2D eigenvalue weighted by atomic mass is 32.1. The number of hydrogen-bond acceptors (Lipinski definition) is 2. The predicted molar refractivity (Wildman–Crippen MR) is 74.4 cm³/mol. The van der Waals surface area contributed by atoms with Crippen LogP contribution in [0.2, 0.25) is 0 Å². The SMILES string of the molecule is CC1CCC(C(O)CCCc2cccs2)CC1. The molecule has 2 heteroatoms. The fourth-order valence-electron chi connectivity index (χ4n) is 2.85. The molecule has 96 valence electrons. The van der Waals surface area contributed by atoms with E-state index in [-0.39, 0.29) is 6.10 Å². The maximum Gasteiger partial charge on any atom is 0.0568 e. The van der Waals surface area contributed by atoms with Crippen molar-refractivity contribution in [3.8, 4) is 0 Å². The summed E-state index contributed by atoms with van der Waals surface area (Å²) in [5, 5.41) is 12.3. The topological polar surface area (TPSA) is 20.2 Å². The summed E-state index contributed by atoms with van der Waals surface area (Å²) >= 11 is 1.83. The van der Waals surface area contributed by atoms with Gasteiger partial charge in [0, 0.05) is 4.88 Å². The zero-order chi connectivity index (χ0) is 12.1. The molecule has 1 atom stereocenters. The first kappa shape index (κ1) is 13.1. The first-order valence-corrected chi connectivity index (χ1v) is 7.84. The molecule has 0 spiro atoms. The summed E-state index contributed by atoms with van der Waals surface area (Å²) in [6, 6.07) is 4.30. The quantitative estimate of drug-likeness (QED) is 0.830. The van der Waals surface area contributed by atoms with Crippen molar-refractivity contribution in [3.05, 3.63) is 22.4 Å². The molecule has 1 aromatic heterocycles. The van der Waals surface area contributed by atoms with Crippen LogP contribution in [0.3, 0.4) is 0 Å². The Balaban J connectivity index is 1.65. The number of aliphatic hydroxyl groups excluding tert-OH is 1. The van der Waals surface area contributed by atoms with Gasteiger partial charge in [-0.2, -0.15) is 0 Å². The Kier molecular flexibility index (Phi) is 5.05. The number of aryl methyl sites for hydroxylation is 1. The summed E-state index contributed by atoms with van der Waals surface area (Å²) in [5.74, 6) is 1.46. The largest absolute Gasteiger partial charge is 0.393 e. The first-order chi connectivity index (χ1) is 8.25. The van der Waals surface area contributed by atoms with Gasteiger partial charge in [-0.15, -0.1) is 11.3 Å². The van der Waals surface area contributed by atoms with Crippen molar-refractivity contribution >= 4 is 11.3 Å². The van der Waals surface area contributed by atoms with Gasteiger partial charge in [0.05, 0.1) is 6.10 Å². The van der Waals surface area contributed by atoms with Gasteiger partial charge in [-0.05, 0) is 55.4 Å². The highest BCUT2D eigenvalue weighted by Crippen LogP contribution is 2.31. The van der Waals surface area contributed by atoms with Crippen molar-refractivity contribution in [2.75, 3.05) is 0 Å². The minimum atomic E-state index is -0.0533. The Morgan fingerprint density at radius 1 is 1.35 bits per heavy atom. The Labute approximate surface area is 109 Å². The smallest absolute Gasteiger partial charge is 0.0568 e. The second-order valence-electron chi connectivity index (χ2n) is 5.56. The van der Waals surface area contributed by atoms with E-state index in [2.05, 4.69) is 24.4 Å². The minimum Gasteiger partial charge on any atom is -0.393 e. The van der Waals surface area contributed by atoms with Gasteiger partial charge in [-0.25, -0.2) is 0 Å². The van der Waals surface area contributed by atoms with Gasteiger partial charge < -0.3 is 5.11 Å². The summed E-state index contributed by atoms with van der Waals surface area (Å²) in [6.07, 6.45) is 8.30. The summed E-state index contributed by atoms with van der Waals surface area (Å²) < 4.78 is 0. The van der Waals surface area contributed by atoms with Crippen molar-refractivity contribution in [2.24, 2.45) is 11.8 Å². The van der Waals surface area contributed by atoms with Crippen LogP contribution in [0, 0.1) is 11.8 Å². The molecule has 0 aromatic carbocycles. The van der Waals surface area contributed by atoms with Gasteiger partial charge in [0.15, 0.2) is 0 Å². The van der Waals surface area contributed by atoms with Crippen LogP contribution in [-0.4, -0.2) is 11.2 Å². The molecule has 1 nitrogen and oxygen atoms in total. The summed E-state index contributed by atoms with van der Waals surface area (Å²) in [5.41, 5.74) is 0. The molecule has 2 rings (SSSR count). The average Bonchev–Trinajstić information content (AvgIpc) is 2.83. The standard InChI is InChI=1S/C15H24OS/c1-12-7-9-13(10-8-12)15(16)6-2-4-14-5-3-11-17-14/h3,5,11-13,15-16H,2,4,6-10H2,1H3. The van der Waals surface area contributed by atoms with E-state index in [0.29, 0.717) is 5.92 Å². The van der Waals surface area contributed by atoms with Crippen LogP contribution in [0.25, 0.3) is 0 Å². The second-order valence-corrected chi connectivity index (χ2v) is 6.59. The van der Waals surface area contributed by atoms with Crippen LogP contribution in [0.4, 0.5) is 0 Å². The number of aliphatic hydroxyl groups is 1. The number of hydrogen-bond donors (Lipinski definition) is 1. The molecular weight excluding hydrogens is 228 g/mol. The van der Waals surface area contributed by atoms with Gasteiger partial charge in [0.1, 0.15) is 0 Å². The van der Waals surface area contributed by atoms with Crippen molar-refractivity contribution < 1.29 is 5.11 Å². The monoisotopic (exact) mass is 252 g/mol. The zero-order valence-corrected chi connectivity index (χ0v) is 11.6. The Morgan fingerprint density at radius 2 is 2.12 bits per heavy atom. The molecule has 1 aromatic rings. The summed E-state index contributed by atoms with van der Waals surface area (Å²) in [4.78, 5) is 1.45. The van der Waals surface area contributed by atoms with Crippen LogP contribution in [-0.2, 0) is 6.42 Å². The van der Waals surface area contributed by atoms with Gasteiger partial charge in [-0.1, -0.05) is 25.8 Å². The lowest BCUT2D eigenvalue weighted by molar-refractivity contribution is 0.0672. The van der Waals surface area contributed by atoms with Crippen molar-refractivity contribution in [1.29, 1.82) is 0 Å². The molecule has 17 heavy (non-hydrogen) atoms. The van der Waals surface area contributed by atoms with Gasteiger partial charge in [0.2, 0.25) is 0 Å². The van der Waals surface area contributed by atoms with E-state index in [9.17, 15) is 5.11 Å². The third-order valence-electron chi connectivity index (χ3n) is 4.11. The third kappa shape index (κ3) is 4.11. The van der Waals surface area contributed by atoms with E-state index >= 15 is 0 Å². The fraction of sp³-hybridized carbons (Fsp3) is 0.733. The summed E-state index contributed by atoms with van der Waals surface area (Å²) in [7, 11) is 0. The first-order valence-electron chi connectivity index (χ1n) is 6.96. The van der Waals surface area contributed by atoms with Gasteiger partial charge >= 0.3 is 0 Å². The van der Waals surface area contributed by atoms with E-state index in [4.69, 9.17) is 0 Å². The lowest BCUT2D eigenvalue weighted by atomic mass is 9.79. The Hall–Kier alpha value is -0.340. The van der Waals surface area contributed by atoms with Crippen molar-refractivity contribution in [2.45, 2.75) is 58.0 Å². The third-order valence-corrected chi connectivity index (χ3v) is 5.04. The normalized spacial score (nSPS) is 26.9. The molecule has 1 saturated carbocycles. The van der Waals surface area contributed by atoms with Crippen LogP contribution < -0.4 is 0 Å².